The summed E-state index contributed by atoms with van der Waals surface area (Å²) in [7, 11) is 0. The van der Waals surface area contributed by atoms with E-state index in [-0.39, 0.29) is 0 Å². The summed E-state index contributed by atoms with van der Waals surface area (Å²) in [6.07, 6.45) is 3.88. The van der Waals surface area contributed by atoms with Crippen molar-refractivity contribution in [1.82, 2.24) is 4.90 Å². The molecule has 2 nitrogen and oxygen atoms in total. The monoisotopic (exact) mass is 274 g/mol. The van der Waals surface area contributed by atoms with Crippen LogP contribution in [0.4, 0.5) is 0 Å². The summed E-state index contributed by atoms with van der Waals surface area (Å²) in [4.78, 5) is 2.67. The number of benzene rings is 1. The first kappa shape index (κ1) is 15.5. The van der Waals surface area contributed by atoms with Gasteiger partial charge in [0.1, 0.15) is 0 Å². The van der Waals surface area contributed by atoms with Gasteiger partial charge in [0, 0.05) is 12.1 Å². The Morgan fingerprint density at radius 1 is 1.25 bits per heavy atom. The molecule has 2 N–H and O–H groups in total. The molecule has 2 rings (SSSR count). The fourth-order valence-electron chi connectivity index (χ4n) is 3.62. The van der Waals surface area contributed by atoms with E-state index in [2.05, 4.69) is 50.8 Å². The van der Waals surface area contributed by atoms with Gasteiger partial charge in [0.2, 0.25) is 0 Å². The van der Waals surface area contributed by atoms with Crippen LogP contribution in [0.3, 0.4) is 0 Å². The van der Waals surface area contributed by atoms with E-state index in [1.54, 1.807) is 0 Å². The molecule has 1 fully saturated rings. The minimum Gasteiger partial charge on any atom is -0.330 e. The Morgan fingerprint density at radius 2 is 2.00 bits per heavy atom. The van der Waals surface area contributed by atoms with Crippen LogP contribution in [0, 0.1) is 19.8 Å². The van der Waals surface area contributed by atoms with Gasteiger partial charge in [-0.05, 0) is 76.2 Å². The van der Waals surface area contributed by atoms with Gasteiger partial charge in [0.05, 0.1) is 0 Å². The quantitative estimate of drug-likeness (QED) is 0.908. The Hall–Kier alpha value is -0.860. The first-order valence-corrected chi connectivity index (χ1v) is 8.08. The van der Waals surface area contributed by atoms with Crippen molar-refractivity contribution in [2.24, 2.45) is 11.7 Å². The van der Waals surface area contributed by atoms with E-state index in [1.807, 2.05) is 0 Å². The maximum atomic E-state index is 6.12. The first-order chi connectivity index (χ1) is 9.56. The van der Waals surface area contributed by atoms with Gasteiger partial charge in [-0.15, -0.1) is 0 Å². The average Bonchev–Trinajstić information content (AvgIpc) is 2.64. The first-order valence-electron chi connectivity index (χ1n) is 8.08. The van der Waals surface area contributed by atoms with E-state index in [9.17, 15) is 0 Å². The van der Waals surface area contributed by atoms with Crippen LogP contribution in [0.5, 0.6) is 0 Å². The van der Waals surface area contributed by atoms with E-state index in [0.717, 1.165) is 6.54 Å². The van der Waals surface area contributed by atoms with Gasteiger partial charge >= 0.3 is 0 Å². The van der Waals surface area contributed by atoms with Crippen LogP contribution in [-0.4, -0.2) is 24.0 Å². The SMILES string of the molecule is Cc1cccc(C2C(CN)CCCCN2C(C)C)c1C. The van der Waals surface area contributed by atoms with Crippen LogP contribution in [0.25, 0.3) is 0 Å². The van der Waals surface area contributed by atoms with E-state index in [4.69, 9.17) is 5.73 Å². The van der Waals surface area contributed by atoms with E-state index in [0.29, 0.717) is 18.0 Å². The van der Waals surface area contributed by atoms with Gasteiger partial charge in [0.15, 0.2) is 0 Å². The Labute approximate surface area is 124 Å². The molecule has 0 radical (unpaired) electrons. The third-order valence-corrected chi connectivity index (χ3v) is 4.98. The van der Waals surface area contributed by atoms with Gasteiger partial charge in [-0.1, -0.05) is 24.6 Å². The van der Waals surface area contributed by atoms with Crippen molar-refractivity contribution in [3.05, 3.63) is 34.9 Å². The van der Waals surface area contributed by atoms with E-state index >= 15 is 0 Å². The summed E-state index contributed by atoms with van der Waals surface area (Å²) in [5.74, 6) is 0.584. The molecule has 2 atom stereocenters. The summed E-state index contributed by atoms with van der Waals surface area (Å²) in [6, 6.07) is 7.80. The molecule has 20 heavy (non-hydrogen) atoms. The fourth-order valence-corrected chi connectivity index (χ4v) is 3.62. The van der Waals surface area contributed by atoms with Gasteiger partial charge in [-0.25, -0.2) is 0 Å². The van der Waals surface area contributed by atoms with Gasteiger partial charge in [0.25, 0.3) is 0 Å². The molecule has 112 valence electrons. The van der Waals surface area contributed by atoms with Crippen molar-refractivity contribution in [3.8, 4) is 0 Å². The molecule has 0 bridgehead atoms. The minimum atomic E-state index is 0.488. The van der Waals surface area contributed by atoms with Crippen LogP contribution in [0.1, 0.15) is 55.8 Å². The average molecular weight is 274 g/mol. The second kappa shape index (κ2) is 6.73. The van der Waals surface area contributed by atoms with E-state index in [1.165, 1.54) is 42.5 Å². The van der Waals surface area contributed by atoms with Crippen molar-refractivity contribution in [1.29, 1.82) is 0 Å². The Bertz CT molecular complexity index is 439. The van der Waals surface area contributed by atoms with Crippen molar-refractivity contribution >= 4 is 0 Å². The maximum Gasteiger partial charge on any atom is 0.0393 e. The molecule has 2 heteroatoms. The molecular weight excluding hydrogens is 244 g/mol. The topological polar surface area (TPSA) is 29.3 Å². The molecule has 0 aromatic heterocycles. The van der Waals surface area contributed by atoms with E-state index < -0.39 is 0 Å². The van der Waals surface area contributed by atoms with Gasteiger partial charge < -0.3 is 5.73 Å². The standard InChI is InChI=1S/C18H30N2/c1-13(2)20-11-6-5-9-16(12-19)18(20)17-10-7-8-14(3)15(17)4/h7-8,10,13,16,18H,5-6,9,11-12,19H2,1-4H3. The number of hydrogen-bond donors (Lipinski definition) is 1. The third-order valence-electron chi connectivity index (χ3n) is 4.98. The molecule has 1 aliphatic heterocycles. The Morgan fingerprint density at radius 3 is 2.65 bits per heavy atom. The molecule has 0 saturated carbocycles. The maximum absolute atomic E-state index is 6.12. The van der Waals surface area contributed by atoms with Gasteiger partial charge in [-0.3, -0.25) is 4.90 Å². The summed E-state index contributed by atoms with van der Waals surface area (Å²) in [6.45, 7) is 11.1. The predicted molar refractivity (Wildman–Crippen MR) is 86.9 cm³/mol. The molecule has 0 aliphatic carbocycles. The van der Waals surface area contributed by atoms with Crippen LogP contribution < -0.4 is 5.73 Å². The number of aryl methyl sites for hydroxylation is 1. The summed E-state index contributed by atoms with van der Waals surface area (Å²) in [5, 5.41) is 0. The lowest BCUT2D eigenvalue weighted by atomic mass is 9.85. The van der Waals surface area contributed by atoms with Crippen molar-refractivity contribution in [2.75, 3.05) is 13.1 Å². The second-order valence-electron chi connectivity index (χ2n) is 6.56. The lowest BCUT2D eigenvalue weighted by molar-refractivity contribution is 0.121. The molecule has 0 spiro atoms. The smallest absolute Gasteiger partial charge is 0.0393 e. The molecule has 1 heterocycles. The van der Waals surface area contributed by atoms with Crippen molar-refractivity contribution in [3.63, 3.8) is 0 Å². The normalized spacial score (nSPS) is 24.9. The Balaban J connectivity index is 2.46. The minimum absolute atomic E-state index is 0.488. The third kappa shape index (κ3) is 3.07. The highest BCUT2D eigenvalue weighted by molar-refractivity contribution is 5.36. The lowest BCUT2D eigenvalue weighted by Gasteiger charge is -2.38. The summed E-state index contributed by atoms with van der Waals surface area (Å²) < 4.78 is 0. The number of rotatable bonds is 3. The highest BCUT2D eigenvalue weighted by Crippen LogP contribution is 2.37. The van der Waals surface area contributed by atoms with Gasteiger partial charge in [-0.2, -0.15) is 0 Å². The number of nitrogens with zero attached hydrogens (tertiary/aromatic N) is 1. The van der Waals surface area contributed by atoms with Crippen LogP contribution in [0.2, 0.25) is 0 Å². The zero-order chi connectivity index (χ0) is 14.7. The molecule has 1 aromatic carbocycles. The zero-order valence-corrected chi connectivity index (χ0v) is 13.5. The molecule has 1 saturated heterocycles. The number of likely N-dealkylation sites (tertiary alicyclic amines) is 1. The van der Waals surface area contributed by atoms with Crippen molar-refractivity contribution < 1.29 is 0 Å². The molecule has 0 amide bonds. The largest absolute Gasteiger partial charge is 0.330 e. The molecule has 2 unspecified atom stereocenters. The van der Waals surface area contributed by atoms with Crippen LogP contribution >= 0.6 is 0 Å². The fraction of sp³-hybridized carbons (Fsp3) is 0.667. The Kier molecular flexibility index (Phi) is 5.22. The van der Waals surface area contributed by atoms with Crippen molar-refractivity contribution in [2.45, 2.75) is 59.0 Å². The molecule has 1 aromatic rings. The second-order valence-corrected chi connectivity index (χ2v) is 6.56. The van der Waals surface area contributed by atoms with Crippen LogP contribution in [0.15, 0.2) is 18.2 Å². The predicted octanol–water partition coefficient (Wildman–Crippen LogP) is 3.81. The van der Waals surface area contributed by atoms with Crippen LogP contribution in [-0.2, 0) is 0 Å². The summed E-state index contributed by atoms with van der Waals surface area (Å²) >= 11 is 0. The number of nitrogens with two attached hydrogens (primary N) is 1. The zero-order valence-electron chi connectivity index (χ0n) is 13.5. The highest BCUT2D eigenvalue weighted by atomic mass is 15.2. The molecule has 1 aliphatic rings. The molecular formula is C18H30N2. The summed E-state index contributed by atoms with van der Waals surface area (Å²) in [5.41, 5.74) is 10.5. The lowest BCUT2D eigenvalue weighted by Crippen LogP contribution is -2.40. The highest BCUT2D eigenvalue weighted by Gasteiger charge is 2.32. The number of hydrogen-bond acceptors (Lipinski definition) is 2.